The molecule has 0 radical (unpaired) electrons. The second-order valence-electron chi connectivity index (χ2n) is 4.53. The Labute approximate surface area is 107 Å². The van der Waals surface area contributed by atoms with E-state index >= 15 is 0 Å². The van der Waals surface area contributed by atoms with Gasteiger partial charge in [-0.1, -0.05) is 6.07 Å². The zero-order valence-corrected chi connectivity index (χ0v) is 10.2. The Morgan fingerprint density at radius 3 is 3.17 bits per heavy atom. The third kappa shape index (κ3) is 3.57. The van der Waals surface area contributed by atoms with Crippen molar-refractivity contribution in [1.29, 1.82) is 5.26 Å². The molecule has 0 aromatic heterocycles. The number of ether oxygens (including phenoxy) is 1. The van der Waals surface area contributed by atoms with Crippen LogP contribution < -0.4 is 5.32 Å². The van der Waals surface area contributed by atoms with E-state index in [1.165, 1.54) is 0 Å². The van der Waals surface area contributed by atoms with Crippen LogP contribution in [0.2, 0.25) is 0 Å². The van der Waals surface area contributed by atoms with E-state index in [4.69, 9.17) is 10.00 Å². The van der Waals surface area contributed by atoms with Gasteiger partial charge in [0, 0.05) is 25.3 Å². The molecule has 1 heterocycles. The van der Waals surface area contributed by atoms with Crippen LogP contribution in [-0.4, -0.2) is 19.1 Å². The highest BCUT2D eigenvalue weighted by molar-refractivity contribution is 5.91. The van der Waals surface area contributed by atoms with Crippen molar-refractivity contribution in [1.82, 2.24) is 0 Å². The molecule has 94 valence electrons. The number of hydrogen-bond donors (Lipinski definition) is 1. The molecule has 1 atom stereocenters. The minimum absolute atomic E-state index is 0.0133. The zero-order chi connectivity index (χ0) is 12.8. The average molecular weight is 244 g/mol. The zero-order valence-electron chi connectivity index (χ0n) is 10.2. The molecule has 0 aliphatic carbocycles. The van der Waals surface area contributed by atoms with Crippen molar-refractivity contribution in [2.75, 3.05) is 18.5 Å². The molecule has 18 heavy (non-hydrogen) atoms. The van der Waals surface area contributed by atoms with E-state index in [2.05, 4.69) is 11.4 Å². The van der Waals surface area contributed by atoms with E-state index < -0.39 is 0 Å². The fourth-order valence-electron chi connectivity index (χ4n) is 2.11. The summed E-state index contributed by atoms with van der Waals surface area (Å²) < 4.78 is 5.35. The number of amides is 1. The number of nitrogens with zero attached hydrogens (tertiary/aromatic N) is 1. The highest BCUT2D eigenvalue weighted by Crippen LogP contribution is 2.18. The number of hydrogen-bond acceptors (Lipinski definition) is 3. The monoisotopic (exact) mass is 244 g/mol. The fourth-order valence-corrected chi connectivity index (χ4v) is 2.11. The van der Waals surface area contributed by atoms with Crippen LogP contribution in [0.3, 0.4) is 0 Å². The van der Waals surface area contributed by atoms with Gasteiger partial charge in [-0.05, 0) is 37.0 Å². The maximum absolute atomic E-state index is 11.8. The topological polar surface area (TPSA) is 62.1 Å². The van der Waals surface area contributed by atoms with Gasteiger partial charge in [0.25, 0.3) is 0 Å². The lowest BCUT2D eigenvalue weighted by Crippen LogP contribution is -2.23. The second kappa shape index (κ2) is 6.18. The standard InChI is InChI=1S/C14H16N2O2/c15-9-11-3-1-5-13(7-11)16-14(17)8-12-4-2-6-18-10-12/h1,3,5,7,12H,2,4,6,8,10H2,(H,16,17). The van der Waals surface area contributed by atoms with Gasteiger partial charge >= 0.3 is 0 Å². The summed E-state index contributed by atoms with van der Waals surface area (Å²) >= 11 is 0. The third-order valence-electron chi connectivity index (χ3n) is 3.00. The van der Waals surface area contributed by atoms with Gasteiger partial charge in [0.15, 0.2) is 0 Å². The minimum atomic E-state index is -0.0133. The maximum atomic E-state index is 11.8. The number of carbonyl (C=O) groups is 1. The molecule has 1 aromatic rings. The summed E-state index contributed by atoms with van der Waals surface area (Å²) in [5.74, 6) is 0.304. The normalized spacial score (nSPS) is 18.9. The summed E-state index contributed by atoms with van der Waals surface area (Å²) in [6.07, 6.45) is 2.56. The third-order valence-corrected chi connectivity index (χ3v) is 3.00. The summed E-state index contributed by atoms with van der Waals surface area (Å²) in [6, 6.07) is 8.99. The summed E-state index contributed by atoms with van der Waals surface area (Å²) in [7, 11) is 0. The molecule has 0 bridgehead atoms. The summed E-state index contributed by atoms with van der Waals surface area (Å²) in [5.41, 5.74) is 1.23. The maximum Gasteiger partial charge on any atom is 0.224 e. The van der Waals surface area contributed by atoms with E-state index in [9.17, 15) is 4.79 Å². The molecular formula is C14H16N2O2. The Morgan fingerprint density at radius 1 is 1.56 bits per heavy atom. The molecule has 1 saturated heterocycles. The van der Waals surface area contributed by atoms with Crippen molar-refractivity contribution >= 4 is 11.6 Å². The number of carbonyl (C=O) groups excluding carboxylic acids is 1. The first-order valence-electron chi connectivity index (χ1n) is 6.15. The van der Waals surface area contributed by atoms with Crippen molar-refractivity contribution in [2.45, 2.75) is 19.3 Å². The van der Waals surface area contributed by atoms with Gasteiger partial charge in [-0.15, -0.1) is 0 Å². The smallest absolute Gasteiger partial charge is 0.224 e. The summed E-state index contributed by atoms with van der Waals surface area (Å²) in [5, 5.41) is 11.6. The molecular weight excluding hydrogens is 228 g/mol. The predicted molar refractivity (Wildman–Crippen MR) is 67.9 cm³/mol. The number of nitriles is 1. The van der Waals surface area contributed by atoms with Gasteiger partial charge in [-0.2, -0.15) is 5.26 Å². The van der Waals surface area contributed by atoms with Crippen LogP contribution in [0.5, 0.6) is 0 Å². The Bertz CT molecular complexity index is 459. The Morgan fingerprint density at radius 2 is 2.44 bits per heavy atom. The van der Waals surface area contributed by atoms with Crippen molar-refractivity contribution in [2.24, 2.45) is 5.92 Å². The number of anilines is 1. The number of benzene rings is 1. The minimum Gasteiger partial charge on any atom is -0.381 e. The molecule has 0 spiro atoms. The molecule has 1 fully saturated rings. The molecule has 1 amide bonds. The van der Waals surface area contributed by atoms with Crippen LogP contribution >= 0.6 is 0 Å². The SMILES string of the molecule is N#Cc1cccc(NC(=O)CC2CCCOC2)c1. The highest BCUT2D eigenvalue weighted by Gasteiger charge is 2.17. The van der Waals surface area contributed by atoms with Gasteiger partial charge in [0.1, 0.15) is 0 Å². The fraction of sp³-hybridized carbons (Fsp3) is 0.429. The molecule has 1 N–H and O–H groups in total. The van der Waals surface area contributed by atoms with Crippen LogP contribution in [0.1, 0.15) is 24.8 Å². The lowest BCUT2D eigenvalue weighted by molar-refractivity contribution is -0.118. The Kier molecular flexibility index (Phi) is 4.32. The van der Waals surface area contributed by atoms with E-state index in [0.717, 1.165) is 19.4 Å². The summed E-state index contributed by atoms with van der Waals surface area (Å²) in [6.45, 7) is 1.48. The van der Waals surface area contributed by atoms with Gasteiger partial charge in [-0.3, -0.25) is 4.79 Å². The first-order chi connectivity index (χ1) is 8.78. The van der Waals surface area contributed by atoms with E-state index in [1.54, 1.807) is 24.3 Å². The first kappa shape index (κ1) is 12.6. The number of rotatable bonds is 3. The van der Waals surface area contributed by atoms with E-state index in [1.807, 2.05) is 0 Å². The van der Waals surface area contributed by atoms with Gasteiger partial charge in [0.2, 0.25) is 5.91 Å². The van der Waals surface area contributed by atoms with Gasteiger partial charge < -0.3 is 10.1 Å². The Hall–Kier alpha value is -1.86. The van der Waals surface area contributed by atoms with Crippen LogP contribution in [0.25, 0.3) is 0 Å². The van der Waals surface area contributed by atoms with E-state index in [0.29, 0.717) is 30.2 Å². The van der Waals surface area contributed by atoms with Crippen molar-refractivity contribution in [3.8, 4) is 6.07 Å². The molecule has 1 aromatic carbocycles. The van der Waals surface area contributed by atoms with Crippen LogP contribution in [-0.2, 0) is 9.53 Å². The van der Waals surface area contributed by atoms with E-state index in [-0.39, 0.29) is 5.91 Å². The lowest BCUT2D eigenvalue weighted by Gasteiger charge is -2.21. The van der Waals surface area contributed by atoms with Crippen molar-refractivity contribution in [3.63, 3.8) is 0 Å². The van der Waals surface area contributed by atoms with Crippen LogP contribution in [0, 0.1) is 17.2 Å². The largest absolute Gasteiger partial charge is 0.381 e. The highest BCUT2D eigenvalue weighted by atomic mass is 16.5. The molecule has 4 nitrogen and oxygen atoms in total. The van der Waals surface area contributed by atoms with Crippen molar-refractivity contribution in [3.05, 3.63) is 29.8 Å². The van der Waals surface area contributed by atoms with Gasteiger partial charge in [-0.25, -0.2) is 0 Å². The molecule has 1 aliphatic rings. The van der Waals surface area contributed by atoms with Crippen LogP contribution in [0.4, 0.5) is 5.69 Å². The molecule has 2 rings (SSSR count). The lowest BCUT2D eigenvalue weighted by atomic mass is 9.98. The molecule has 1 aliphatic heterocycles. The predicted octanol–water partition coefficient (Wildman–Crippen LogP) is 2.31. The second-order valence-corrected chi connectivity index (χ2v) is 4.53. The first-order valence-corrected chi connectivity index (χ1v) is 6.15. The quantitative estimate of drug-likeness (QED) is 0.887. The Balaban J connectivity index is 1.88. The average Bonchev–Trinajstić information content (AvgIpc) is 2.40. The van der Waals surface area contributed by atoms with Crippen molar-refractivity contribution < 1.29 is 9.53 Å². The number of nitrogens with one attached hydrogen (secondary N) is 1. The van der Waals surface area contributed by atoms with Gasteiger partial charge in [0.05, 0.1) is 11.6 Å². The van der Waals surface area contributed by atoms with Crippen LogP contribution in [0.15, 0.2) is 24.3 Å². The molecule has 4 heteroatoms. The molecule has 0 saturated carbocycles. The molecule has 1 unspecified atom stereocenters. The summed E-state index contributed by atoms with van der Waals surface area (Å²) in [4.78, 5) is 11.8.